The van der Waals surface area contributed by atoms with Crippen LogP contribution in [0.1, 0.15) is 37.9 Å². The number of anilines is 2. The van der Waals surface area contributed by atoms with Gasteiger partial charge in [0.1, 0.15) is 6.04 Å². The van der Waals surface area contributed by atoms with Crippen molar-refractivity contribution < 1.29 is 4.79 Å². The van der Waals surface area contributed by atoms with Crippen LogP contribution in [-0.2, 0) is 11.2 Å². The molecule has 1 aliphatic rings. The molecule has 3 aromatic rings. The fraction of sp³-hybridized carbons (Fsp3) is 0.261. The highest BCUT2D eigenvalue weighted by Crippen LogP contribution is 2.36. The van der Waals surface area contributed by atoms with Crippen molar-refractivity contribution in [2.45, 2.75) is 38.4 Å². The van der Waals surface area contributed by atoms with Crippen LogP contribution in [0.4, 0.5) is 11.6 Å². The first kappa shape index (κ1) is 20.2. The van der Waals surface area contributed by atoms with Gasteiger partial charge in [0, 0.05) is 11.4 Å². The molecule has 0 spiro atoms. The van der Waals surface area contributed by atoms with E-state index < -0.39 is 0 Å². The van der Waals surface area contributed by atoms with Crippen LogP contribution in [0.5, 0.6) is 0 Å². The van der Waals surface area contributed by atoms with Crippen LogP contribution in [0.2, 0.25) is 0 Å². The molecule has 6 nitrogen and oxygen atoms in total. The summed E-state index contributed by atoms with van der Waals surface area (Å²) < 4.78 is 1.81. The predicted molar refractivity (Wildman–Crippen MR) is 122 cm³/mol. The topological polar surface area (TPSA) is 71.8 Å². The SMILES string of the molecule is CCSc1nc2n(n1)C(c1ccccc1)C(C(=O)Nc1ccc(CC)cc1)=C(C)N2. The Morgan fingerprint density at radius 2 is 1.87 bits per heavy atom. The highest BCUT2D eigenvalue weighted by Gasteiger charge is 2.34. The zero-order valence-corrected chi connectivity index (χ0v) is 18.2. The molecule has 1 aromatic heterocycles. The summed E-state index contributed by atoms with van der Waals surface area (Å²) in [4.78, 5) is 18.0. The van der Waals surface area contributed by atoms with E-state index in [1.54, 1.807) is 11.8 Å². The Kier molecular flexibility index (Phi) is 5.90. The van der Waals surface area contributed by atoms with Gasteiger partial charge in [-0.25, -0.2) is 4.68 Å². The second-order valence-electron chi connectivity index (χ2n) is 7.08. The fourth-order valence-corrected chi connectivity index (χ4v) is 4.14. The minimum absolute atomic E-state index is 0.149. The number of allylic oxidation sites excluding steroid dienone is 1. The third-order valence-electron chi connectivity index (χ3n) is 5.09. The first-order valence-corrected chi connectivity index (χ1v) is 11.1. The number of hydrogen-bond acceptors (Lipinski definition) is 5. The van der Waals surface area contributed by atoms with Gasteiger partial charge < -0.3 is 10.6 Å². The van der Waals surface area contributed by atoms with Crippen LogP contribution in [0.25, 0.3) is 0 Å². The third-order valence-corrected chi connectivity index (χ3v) is 5.81. The molecule has 1 unspecified atom stereocenters. The second kappa shape index (κ2) is 8.75. The number of carbonyl (C=O) groups is 1. The van der Waals surface area contributed by atoms with Crippen LogP contribution in [-0.4, -0.2) is 26.4 Å². The average molecular weight is 420 g/mol. The highest BCUT2D eigenvalue weighted by atomic mass is 32.2. The molecule has 154 valence electrons. The lowest BCUT2D eigenvalue weighted by Crippen LogP contribution is -2.31. The number of aryl methyl sites for hydroxylation is 1. The van der Waals surface area contributed by atoms with Gasteiger partial charge in [-0.15, -0.1) is 5.10 Å². The lowest BCUT2D eigenvalue weighted by molar-refractivity contribution is -0.113. The monoisotopic (exact) mass is 419 g/mol. The van der Waals surface area contributed by atoms with Gasteiger partial charge in [0.15, 0.2) is 0 Å². The van der Waals surface area contributed by atoms with E-state index >= 15 is 0 Å². The fourth-order valence-electron chi connectivity index (χ4n) is 3.58. The van der Waals surface area contributed by atoms with Crippen molar-refractivity contribution >= 4 is 29.3 Å². The van der Waals surface area contributed by atoms with Gasteiger partial charge >= 0.3 is 0 Å². The summed E-state index contributed by atoms with van der Waals surface area (Å²) in [5.74, 6) is 1.39. The molecule has 7 heteroatoms. The number of thioether (sulfide) groups is 1. The molecule has 0 fully saturated rings. The maximum absolute atomic E-state index is 13.4. The Bertz CT molecular complexity index is 1070. The molecule has 0 bridgehead atoms. The Morgan fingerprint density at radius 1 is 1.13 bits per heavy atom. The molecular formula is C23H25N5OS. The molecule has 0 radical (unpaired) electrons. The standard InChI is InChI=1S/C23H25N5OS/c1-4-16-11-13-18(14-12-16)25-21(29)19-15(3)24-22-26-23(30-5-2)27-28(22)20(19)17-9-7-6-8-10-17/h6-14,20H,4-5H2,1-3H3,(H,25,29)(H,24,26,27). The van der Waals surface area contributed by atoms with E-state index in [0.29, 0.717) is 16.7 Å². The normalized spacial score (nSPS) is 15.5. The first-order chi connectivity index (χ1) is 14.6. The van der Waals surface area contributed by atoms with Crippen molar-refractivity contribution in [2.24, 2.45) is 0 Å². The zero-order valence-electron chi connectivity index (χ0n) is 17.3. The van der Waals surface area contributed by atoms with E-state index in [2.05, 4.69) is 34.6 Å². The lowest BCUT2D eigenvalue weighted by atomic mass is 9.95. The molecular weight excluding hydrogens is 394 g/mol. The van der Waals surface area contributed by atoms with Crippen LogP contribution < -0.4 is 10.6 Å². The molecule has 1 amide bonds. The Labute approximate surface area is 180 Å². The molecule has 2 N–H and O–H groups in total. The largest absolute Gasteiger partial charge is 0.328 e. The maximum atomic E-state index is 13.4. The van der Waals surface area contributed by atoms with E-state index in [0.717, 1.165) is 29.1 Å². The van der Waals surface area contributed by atoms with Gasteiger partial charge in [-0.3, -0.25) is 4.79 Å². The first-order valence-electron chi connectivity index (χ1n) is 10.1. The van der Waals surface area contributed by atoms with Crippen molar-refractivity contribution in [3.05, 3.63) is 77.0 Å². The summed E-state index contributed by atoms with van der Waals surface area (Å²) in [7, 11) is 0. The third kappa shape index (κ3) is 3.98. The molecule has 2 aromatic carbocycles. The Morgan fingerprint density at radius 3 is 2.53 bits per heavy atom. The number of hydrogen-bond donors (Lipinski definition) is 2. The van der Waals surface area contributed by atoms with Gasteiger partial charge in [0.2, 0.25) is 11.1 Å². The van der Waals surface area contributed by atoms with E-state index in [9.17, 15) is 4.79 Å². The number of benzene rings is 2. The number of fused-ring (bicyclic) bond motifs is 1. The van der Waals surface area contributed by atoms with Crippen molar-refractivity contribution in [1.82, 2.24) is 14.8 Å². The van der Waals surface area contributed by atoms with E-state index in [4.69, 9.17) is 0 Å². The van der Waals surface area contributed by atoms with Crippen molar-refractivity contribution in [3.8, 4) is 0 Å². The summed E-state index contributed by atoms with van der Waals surface area (Å²) in [5, 5.41) is 11.7. The average Bonchev–Trinajstić information content (AvgIpc) is 3.16. The van der Waals surface area contributed by atoms with Crippen LogP contribution >= 0.6 is 11.8 Å². The van der Waals surface area contributed by atoms with Gasteiger partial charge in [-0.1, -0.05) is 68.1 Å². The number of amides is 1. The summed E-state index contributed by atoms with van der Waals surface area (Å²) in [6, 6.07) is 17.6. The van der Waals surface area contributed by atoms with E-state index in [-0.39, 0.29) is 11.9 Å². The summed E-state index contributed by atoms with van der Waals surface area (Å²) in [6.07, 6.45) is 0.964. The Hall–Kier alpha value is -3.06. The molecule has 30 heavy (non-hydrogen) atoms. The smallest absolute Gasteiger partial charge is 0.255 e. The molecule has 2 heterocycles. The summed E-state index contributed by atoms with van der Waals surface area (Å²) in [6.45, 7) is 6.09. The van der Waals surface area contributed by atoms with Crippen molar-refractivity contribution in [3.63, 3.8) is 0 Å². The number of carbonyl (C=O) groups excluding carboxylic acids is 1. The summed E-state index contributed by atoms with van der Waals surface area (Å²) >= 11 is 1.58. The molecule has 0 saturated carbocycles. The molecule has 0 saturated heterocycles. The number of rotatable bonds is 6. The minimum Gasteiger partial charge on any atom is -0.328 e. The lowest BCUT2D eigenvalue weighted by Gasteiger charge is -2.28. The number of nitrogens with one attached hydrogen (secondary N) is 2. The van der Waals surface area contributed by atoms with Gasteiger partial charge in [-0.2, -0.15) is 4.98 Å². The van der Waals surface area contributed by atoms with E-state index in [1.807, 2.05) is 66.2 Å². The zero-order chi connectivity index (χ0) is 21.1. The van der Waals surface area contributed by atoms with Gasteiger partial charge in [0.25, 0.3) is 5.91 Å². The highest BCUT2D eigenvalue weighted by molar-refractivity contribution is 7.99. The van der Waals surface area contributed by atoms with Crippen LogP contribution in [0, 0.1) is 0 Å². The quantitative estimate of drug-likeness (QED) is 0.557. The van der Waals surface area contributed by atoms with Crippen LogP contribution in [0.3, 0.4) is 0 Å². The predicted octanol–water partition coefficient (Wildman–Crippen LogP) is 4.88. The number of nitrogens with zero attached hydrogens (tertiary/aromatic N) is 3. The van der Waals surface area contributed by atoms with E-state index in [1.165, 1.54) is 5.56 Å². The maximum Gasteiger partial charge on any atom is 0.255 e. The molecule has 1 atom stereocenters. The van der Waals surface area contributed by atoms with Gasteiger partial charge in [0.05, 0.1) is 5.57 Å². The van der Waals surface area contributed by atoms with Crippen molar-refractivity contribution in [2.75, 3.05) is 16.4 Å². The molecule has 1 aliphatic heterocycles. The minimum atomic E-state index is -0.351. The van der Waals surface area contributed by atoms with Crippen LogP contribution in [0.15, 0.2) is 71.0 Å². The Balaban J connectivity index is 1.72. The van der Waals surface area contributed by atoms with Gasteiger partial charge in [-0.05, 0) is 42.4 Å². The molecule has 0 aliphatic carbocycles. The molecule has 4 rings (SSSR count). The number of aromatic nitrogens is 3. The second-order valence-corrected chi connectivity index (χ2v) is 8.31. The van der Waals surface area contributed by atoms with Crippen molar-refractivity contribution in [1.29, 1.82) is 0 Å². The summed E-state index contributed by atoms with van der Waals surface area (Å²) in [5.41, 5.74) is 4.41.